The summed E-state index contributed by atoms with van der Waals surface area (Å²) in [7, 11) is 1.71. The Labute approximate surface area is 160 Å². The van der Waals surface area contributed by atoms with Crippen molar-refractivity contribution in [3.63, 3.8) is 0 Å². The van der Waals surface area contributed by atoms with Crippen molar-refractivity contribution in [3.05, 3.63) is 23.8 Å². The van der Waals surface area contributed by atoms with E-state index in [-0.39, 0.29) is 5.92 Å². The van der Waals surface area contributed by atoms with Crippen LogP contribution in [0.3, 0.4) is 0 Å². The number of methoxy groups -OCH3 is 1. The highest BCUT2D eigenvalue weighted by molar-refractivity contribution is 5.79. The molecule has 0 aromatic carbocycles. The molecule has 2 unspecified atom stereocenters. The minimum Gasteiger partial charge on any atom is -0.481 e. The summed E-state index contributed by atoms with van der Waals surface area (Å²) in [6, 6.07) is 0. The van der Waals surface area contributed by atoms with Crippen LogP contribution in [0.5, 0.6) is 0 Å². The van der Waals surface area contributed by atoms with Gasteiger partial charge in [0.2, 0.25) is 0 Å². The Kier molecular flexibility index (Phi) is 10.9. The first kappa shape index (κ1) is 23.0. The molecule has 0 saturated heterocycles. The van der Waals surface area contributed by atoms with Crippen molar-refractivity contribution in [2.24, 2.45) is 17.3 Å². The number of hydrogen-bond acceptors (Lipinski definition) is 2. The van der Waals surface area contributed by atoms with Gasteiger partial charge in [0.1, 0.15) is 0 Å². The van der Waals surface area contributed by atoms with Crippen LogP contribution in [0.2, 0.25) is 0 Å². The van der Waals surface area contributed by atoms with E-state index < -0.39 is 11.4 Å². The zero-order chi connectivity index (χ0) is 19.4. The van der Waals surface area contributed by atoms with Crippen molar-refractivity contribution in [1.29, 1.82) is 0 Å². The molecule has 3 nitrogen and oxygen atoms in total. The van der Waals surface area contributed by atoms with E-state index in [9.17, 15) is 9.90 Å². The van der Waals surface area contributed by atoms with Gasteiger partial charge in [-0.05, 0) is 31.1 Å². The molecule has 0 amide bonds. The van der Waals surface area contributed by atoms with Gasteiger partial charge in [-0.3, -0.25) is 4.79 Å². The van der Waals surface area contributed by atoms with Crippen LogP contribution in [-0.2, 0) is 9.53 Å². The van der Waals surface area contributed by atoms with Crippen molar-refractivity contribution < 1.29 is 14.6 Å². The van der Waals surface area contributed by atoms with Gasteiger partial charge >= 0.3 is 5.97 Å². The first-order valence-electron chi connectivity index (χ1n) is 10.6. The SMILES string of the molecule is CCCCC1C(CCOC)=CC=CC1(CCCCCCC(C)C)C(=O)O. The normalized spacial score (nSPS) is 22.7. The maximum absolute atomic E-state index is 12.4. The lowest BCUT2D eigenvalue weighted by atomic mass is 9.64. The van der Waals surface area contributed by atoms with Gasteiger partial charge in [0, 0.05) is 13.7 Å². The molecule has 1 rings (SSSR count). The predicted octanol–water partition coefficient (Wildman–Crippen LogP) is 6.39. The topological polar surface area (TPSA) is 46.5 Å². The standard InChI is InChI=1S/C23H40O3/c1-5-6-14-21-20(15-18-26-4)13-11-17-23(21,22(24)25)16-10-8-7-9-12-19(2)3/h11,13,17,19,21H,5-10,12,14-16,18H2,1-4H3,(H,24,25). The molecule has 0 aliphatic heterocycles. The molecule has 1 aliphatic rings. The molecule has 1 N–H and O–H groups in total. The minimum absolute atomic E-state index is 0.107. The van der Waals surface area contributed by atoms with Crippen molar-refractivity contribution in [3.8, 4) is 0 Å². The molecule has 0 spiro atoms. The zero-order valence-corrected chi connectivity index (χ0v) is 17.4. The maximum Gasteiger partial charge on any atom is 0.314 e. The zero-order valence-electron chi connectivity index (χ0n) is 17.4. The largest absolute Gasteiger partial charge is 0.481 e. The fourth-order valence-corrected chi connectivity index (χ4v) is 4.14. The van der Waals surface area contributed by atoms with Crippen molar-refractivity contribution in [2.45, 2.75) is 85.0 Å². The second kappa shape index (κ2) is 12.3. The number of hydrogen-bond donors (Lipinski definition) is 1. The lowest BCUT2D eigenvalue weighted by molar-refractivity contribution is -0.149. The van der Waals surface area contributed by atoms with Crippen LogP contribution in [-0.4, -0.2) is 24.8 Å². The number of carboxylic acid groups (broad SMARTS) is 1. The maximum atomic E-state index is 12.4. The Morgan fingerprint density at radius 2 is 1.96 bits per heavy atom. The summed E-state index contributed by atoms with van der Waals surface area (Å²) in [4.78, 5) is 12.4. The fourth-order valence-electron chi connectivity index (χ4n) is 4.14. The van der Waals surface area contributed by atoms with Gasteiger partial charge in [-0.1, -0.05) is 89.5 Å². The third-order valence-electron chi connectivity index (χ3n) is 5.73. The fraction of sp³-hybridized carbons (Fsp3) is 0.783. The van der Waals surface area contributed by atoms with Crippen LogP contribution >= 0.6 is 0 Å². The lowest BCUT2D eigenvalue weighted by Crippen LogP contribution is -2.39. The molecule has 0 aromatic heterocycles. The average molecular weight is 365 g/mol. The van der Waals surface area contributed by atoms with Crippen LogP contribution in [0.15, 0.2) is 23.8 Å². The number of allylic oxidation sites excluding steroid dienone is 2. The summed E-state index contributed by atoms with van der Waals surface area (Å²) >= 11 is 0. The smallest absolute Gasteiger partial charge is 0.314 e. The summed E-state index contributed by atoms with van der Waals surface area (Å²) in [5.41, 5.74) is 0.524. The Morgan fingerprint density at radius 3 is 2.58 bits per heavy atom. The number of carboxylic acids is 1. The summed E-state index contributed by atoms with van der Waals surface area (Å²) in [5, 5.41) is 10.2. The second-order valence-corrected chi connectivity index (χ2v) is 8.23. The van der Waals surface area contributed by atoms with E-state index in [0.717, 1.165) is 50.9 Å². The molecule has 0 aromatic rings. The van der Waals surface area contributed by atoms with Gasteiger partial charge in [-0.2, -0.15) is 0 Å². The summed E-state index contributed by atoms with van der Waals surface area (Å²) in [6.45, 7) is 7.36. The van der Waals surface area contributed by atoms with E-state index in [2.05, 4.69) is 26.8 Å². The van der Waals surface area contributed by atoms with E-state index >= 15 is 0 Å². The molecule has 2 atom stereocenters. The highest BCUT2D eigenvalue weighted by Crippen LogP contribution is 2.46. The monoisotopic (exact) mass is 364 g/mol. The summed E-state index contributed by atoms with van der Waals surface area (Å²) in [5.74, 6) is 0.212. The van der Waals surface area contributed by atoms with Crippen LogP contribution < -0.4 is 0 Å². The summed E-state index contributed by atoms with van der Waals surface area (Å²) < 4.78 is 5.26. The molecule has 0 radical (unpaired) electrons. The molecule has 0 fully saturated rings. The predicted molar refractivity (Wildman–Crippen MR) is 109 cm³/mol. The van der Waals surface area contributed by atoms with E-state index in [4.69, 9.17) is 4.74 Å². The molecule has 3 heteroatoms. The number of ether oxygens (including phenoxy) is 1. The number of unbranched alkanes of at least 4 members (excludes halogenated alkanes) is 4. The van der Waals surface area contributed by atoms with E-state index in [1.165, 1.54) is 24.8 Å². The highest BCUT2D eigenvalue weighted by Gasteiger charge is 2.45. The van der Waals surface area contributed by atoms with Crippen LogP contribution in [0.4, 0.5) is 0 Å². The molecule has 1 aliphatic carbocycles. The Balaban J connectivity index is 2.78. The van der Waals surface area contributed by atoms with Gasteiger partial charge in [0.15, 0.2) is 0 Å². The average Bonchev–Trinajstić information content (AvgIpc) is 2.61. The number of rotatable bonds is 14. The van der Waals surface area contributed by atoms with Crippen LogP contribution in [0.1, 0.15) is 85.0 Å². The van der Waals surface area contributed by atoms with Gasteiger partial charge in [-0.25, -0.2) is 0 Å². The van der Waals surface area contributed by atoms with E-state index in [0.29, 0.717) is 6.61 Å². The van der Waals surface area contributed by atoms with Gasteiger partial charge in [-0.15, -0.1) is 0 Å². The second-order valence-electron chi connectivity index (χ2n) is 8.23. The molecular formula is C23H40O3. The van der Waals surface area contributed by atoms with Crippen molar-refractivity contribution >= 4 is 5.97 Å². The molecule has 0 heterocycles. The van der Waals surface area contributed by atoms with Crippen LogP contribution in [0, 0.1) is 17.3 Å². The van der Waals surface area contributed by atoms with E-state index in [1.807, 2.05) is 12.2 Å². The first-order chi connectivity index (χ1) is 12.5. The minimum atomic E-state index is -0.731. The van der Waals surface area contributed by atoms with Crippen molar-refractivity contribution in [2.75, 3.05) is 13.7 Å². The van der Waals surface area contributed by atoms with Gasteiger partial charge in [0.25, 0.3) is 0 Å². The van der Waals surface area contributed by atoms with Gasteiger partial charge < -0.3 is 9.84 Å². The highest BCUT2D eigenvalue weighted by atomic mass is 16.5. The van der Waals surface area contributed by atoms with E-state index in [1.54, 1.807) is 7.11 Å². The molecule has 150 valence electrons. The summed E-state index contributed by atoms with van der Waals surface area (Å²) in [6.07, 6.45) is 16.6. The quantitative estimate of drug-likeness (QED) is 0.363. The molecule has 0 saturated carbocycles. The molecule has 26 heavy (non-hydrogen) atoms. The molecular weight excluding hydrogens is 324 g/mol. The Hall–Kier alpha value is -1.09. The first-order valence-corrected chi connectivity index (χ1v) is 10.6. The van der Waals surface area contributed by atoms with Gasteiger partial charge in [0.05, 0.1) is 5.41 Å². The molecule has 0 bridgehead atoms. The number of carbonyl (C=O) groups is 1. The lowest BCUT2D eigenvalue weighted by Gasteiger charge is -2.39. The Morgan fingerprint density at radius 1 is 1.23 bits per heavy atom. The Bertz CT molecular complexity index is 464. The third-order valence-corrected chi connectivity index (χ3v) is 5.73. The number of aliphatic carboxylic acids is 1. The van der Waals surface area contributed by atoms with Crippen molar-refractivity contribution in [1.82, 2.24) is 0 Å². The van der Waals surface area contributed by atoms with Crippen LogP contribution in [0.25, 0.3) is 0 Å². The third kappa shape index (κ3) is 6.90.